The standard InChI is InChI=1S/C15H15N5O3S2/c1-20-13(8-12(19-20)11-4-2-6-16-9-11)18-14(21)10-17-25(22,23)15-5-3-7-24-15/h2-9,17H,10H2,1H3,(H,18,21). The highest BCUT2D eigenvalue weighted by Crippen LogP contribution is 2.20. The van der Waals surface area contributed by atoms with Gasteiger partial charge in [0.2, 0.25) is 5.91 Å². The van der Waals surface area contributed by atoms with Crippen LogP contribution in [0.15, 0.2) is 52.3 Å². The molecule has 0 aromatic carbocycles. The molecular formula is C15H15N5O3S2. The Morgan fingerprint density at radius 3 is 2.84 bits per heavy atom. The van der Waals surface area contributed by atoms with E-state index in [9.17, 15) is 13.2 Å². The van der Waals surface area contributed by atoms with Crippen LogP contribution in [0.1, 0.15) is 0 Å². The molecule has 3 heterocycles. The lowest BCUT2D eigenvalue weighted by Gasteiger charge is -2.06. The van der Waals surface area contributed by atoms with Gasteiger partial charge in [0.15, 0.2) is 0 Å². The van der Waals surface area contributed by atoms with Crippen LogP contribution in [0, 0.1) is 0 Å². The van der Waals surface area contributed by atoms with Gasteiger partial charge in [-0.05, 0) is 23.6 Å². The van der Waals surface area contributed by atoms with Gasteiger partial charge in [-0.2, -0.15) is 5.10 Å². The van der Waals surface area contributed by atoms with Gasteiger partial charge in [0.05, 0.1) is 12.2 Å². The molecule has 0 saturated heterocycles. The number of carbonyl (C=O) groups is 1. The number of hydrogen-bond acceptors (Lipinski definition) is 6. The maximum Gasteiger partial charge on any atom is 0.250 e. The van der Waals surface area contributed by atoms with E-state index in [0.29, 0.717) is 11.5 Å². The van der Waals surface area contributed by atoms with Gasteiger partial charge in [0, 0.05) is 31.1 Å². The summed E-state index contributed by atoms with van der Waals surface area (Å²) in [6.45, 7) is -0.367. The first kappa shape index (κ1) is 17.3. The third-order valence-corrected chi connectivity index (χ3v) is 6.09. The molecule has 25 heavy (non-hydrogen) atoms. The molecule has 130 valence electrons. The van der Waals surface area contributed by atoms with Crippen LogP contribution in [-0.2, 0) is 21.9 Å². The molecular weight excluding hydrogens is 362 g/mol. The molecule has 0 radical (unpaired) electrons. The summed E-state index contributed by atoms with van der Waals surface area (Å²) >= 11 is 1.09. The maximum atomic E-state index is 12.0. The first-order valence-electron chi connectivity index (χ1n) is 7.23. The molecule has 3 aromatic heterocycles. The molecule has 0 atom stereocenters. The molecule has 3 aromatic rings. The van der Waals surface area contributed by atoms with Crippen molar-refractivity contribution in [3.8, 4) is 11.3 Å². The summed E-state index contributed by atoms with van der Waals surface area (Å²) in [5.41, 5.74) is 1.47. The van der Waals surface area contributed by atoms with E-state index in [4.69, 9.17) is 0 Å². The van der Waals surface area contributed by atoms with Crippen molar-refractivity contribution < 1.29 is 13.2 Å². The van der Waals surface area contributed by atoms with Crippen LogP contribution in [-0.4, -0.2) is 35.6 Å². The molecule has 0 aliphatic rings. The number of carbonyl (C=O) groups excluding carboxylic acids is 1. The highest BCUT2D eigenvalue weighted by atomic mass is 32.2. The van der Waals surface area contributed by atoms with E-state index in [0.717, 1.165) is 16.9 Å². The third kappa shape index (κ3) is 4.10. The second kappa shape index (κ2) is 7.13. The fraction of sp³-hybridized carbons (Fsp3) is 0.133. The summed E-state index contributed by atoms with van der Waals surface area (Å²) in [5.74, 6) is -0.0277. The second-order valence-electron chi connectivity index (χ2n) is 5.08. The van der Waals surface area contributed by atoms with Crippen LogP contribution in [0.2, 0.25) is 0 Å². The Balaban J connectivity index is 1.65. The smallest absolute Gasteiger partial charge is 0.250 e. The van der Waals surface area contributed by atoms with Crippen LogP contribution in [0.5, 0.6) is 0 Å². The lowest BCUT2D eigenvalue weighted by Crippen LogP contribution is -2.32. The largest absolute Gasteiger partial charge is 0.310 e. The third-order valence-electron chi connectivity index (χ3n) is 3.29. The zero-order valence-corrected chi connectivity index (χ0v) is 14.8. The number of aryl methyl sites for hydroxylation is 1. The monoisotopic (exact) mass is 377 g/mol. The number of sulfonamides is 1. The normalized spacial score (nSPS) is 11.4. The summed E-state index contributed by atoms with van der Waals surface area (Å²) in [6, 6.07) is 8.46. The van der Waals surface area contributed by atoms with Crippen molar-refractivity contribution in [2.24, 2.45) is 7.05 Å². The van der Waals surface area contributed by atoms with Crippen molar-refractivity contribution in [1.29, 1.82) is 0 Å². The zero-order chi connectivity index (χ0) is 17.9. The topological polar surface area (TPSA) is 106 Å². The van der Waals surface area contributed by atoms with Crippen molar-refractivity contribution in [2.45, 2.75) is 4.21 Å². The fourth-order valence-electron chi connectivity index (χ4n) is 2.07. The van der Waals surface area contributed by atoms with E-state index in [2.05, 4.69) is 20.1 Å². The molecule has 0 fully saturated rings. The van der Waals surface area contributed by atoms with Gasteiger partial charge >= 0.3 is 0 Å². The molecule has 0 bridgehead atoms. The van der Waals surface area contributed by atoms with Crippen LogP contribution >= 0.6 is 11.3 Å². The SMILES string of the molecule is Cn1nc(-c2cccnc2)cc1NC(=O)CNS(=O)(=O)c1cccs1. The minimum absolute atomic E-state index is 0.166. The Morgan fingerprint density at radius 1 is 1.32 bits per heavy atom. The van der Waals surface area contributed by atoms with Gasteiger partial charge < -0.3 is 5.32 Å². The lowest BCUT2D eigenvalue weighted by molar-refractivity contribution is -0.115. The van der Waals surface area contributed by atoms with Gasteiger partial charge in [0.1, 0.15) is 10.0 Å². The van der Waals surface area contributed by atoms with E-state index in [-0.39, 0.29) is 10.8 Å². The van der Waals surface area contributed by atoms with Crippen molar-refractivity contribution in [1.82, 2.24) is 19.5 Å². The number of pyridine rings is 1. The minimum Gasteiger partial charge on any atom is -0.310 e. The summed E-state index contributed by atoms with van der Waals surface area (Å²) in [6.07, 6.45) is 3.33. The number of amides is 1. The van der Waals surface area contributed by atoms with Crippen LogP contribution in [0.25, 0.3) is 11.3 Å². The molecule has 0 spiro atoms. The molecule has 1 amide bonds. The van der Waals surface area contributed by atoms with Crippen molar-refractivity contribution >= 4 is 33.1 Å². The van der Waals surface area contributed by atoms with Gasteiger partial charge in [-0.1, -0.05) is 6.07 Å². The summed E-state index contributed by atoms with van der Waals surface area (Å²) in [5, 5.41) is 8.60. The Labute approximate surface area is 148 Å². The number of nitrogens with one attached hydrogen (secondary N) is 2. The zero-order valence-electron chi connectivity index (χ0n) is 13.2. The van der Waals surface area contributed by atoms with Crippen molar-refractivity contribution in [3.05, 3.63) is 48.1 Å². The average molecular weight is 377 g/mol. The molecule has 0 aliphatic heterocycles. The molecule has 10 heteroatoms. The minimum atomic E-state index is -3.68. The Bertz CT molecular complexity index is 966. The lowest BCUT2D eigenvalue weighted by atomic mass is 10.2. The van der Waals surface area contributed by atoms with Gasteiger partial charge in [-0.3, -0.25) is 14.5 Å². The predicted molar refractivity (Wildman–Crippen MR) is 94.6 cm³/mol. The van der Waals surface area contributed by atoms with E-state index >= 15 is 0 Å². The number of aromatic nitrogens is 3. The maximum absolute atomic E-state index is 12.0. The Hall–Kier alpha value is -2.56. The molecule has 2 N–H and O–H groups in total. The summed E-state index contributed by atoms with van der Waals surface area (Å²) in [4.78, 5) is 16.1. The van der Waals surface area contributed by atoms with E-state index < -0.39 is 15.9 Å². The Morgan fingerprint density at radius 2 is 2.16 bits per heavy atom. The average Bonchev–Trinajstić information content (AvgIpc) is 3.25. The number of rotatable bonds is 6. The Kier molecular flexibility index (Phi) is 4.93. The fourth-order valence-corrected chi connectivity index (χ4v) is 4.09. The van der Waals surface area contributed by atoms with E-state index in [1.807, 2.05) is 6.07 Å². The van der Waals surface area contributed by atoms with Crippen LogP contribution in [0.3, 0.4) is 0 Å². The van der Waals surface area contributed by atoms with Crippen molar-refractivity contribution in [3.63, 3.8) is 0 Å². The van der Waals surface area contributed by atoms with Gasteiger partial charge in [-0.25, -0.2) is 13.1 Å². The van der Waals surface area contributed by atoms with Crippen LogP contribution in [0.4, 0.5) is 5.82 Å². The molecule has 8 nitrogen and oxygen atoms in total. The quantitative estimate of drug-likeness (QED) is 0.676. The van der Waals surface area contributed by atoms with E-state index in [1.54, 1.807) is 43.0 Å². The molecule has 0 aliphatic carbocycles. The van der Waals surface area contributed by atoms with E-state index in [1.165, 1.54) is 10.7 Å². The molecule has 0 unspecified atom stereocenters. The highest BCUT2D eigenvalue weighted by Gasteiger charge is 2.17. The molecule has 0 saturated carbocycles. The van der Waals surface area contributed by atoms with Crippen LogP contribution < -0.4 is 10.0 Å². The number of hydrogen-bond donors (Lipinski definition) is 2. The second-order valence-corrected chi connectivity index (χ2v) is 8.03. The summed E-state index contributed by atoms with van der Waals surface area (Å²) in [7, 11) is -1.99. The van der Waals surface area contributed by atoms with Crippen molar-refractivity contribution in [2.75, 3.05) is 11.9 Å². The summed E-state index contributed by atoms with van der Waals surface area (Å²) < 4.78 is 27.9. The number of thiophene rings is 1. The highest BCUT2D eigenvalue weighted by molar-refractivity contribution is 7.91. The predicted octanol–water partition coefficient (Wildman–Crippen LogP) is 1.46. The van der Waals surface area contributed by atoms with Gasteiger partial charge in [-0.15, -0.1) is 11.3 Å². The first-order valence-corrected chi connectivity index (χ1v) is 9.59. The number of anilines is 1. The molecule has 3 rings (SSSR count). The number of nitrogens with zero attached hydrogens (tertiary/aromatic N) is 3. The van der Waals surface area contributed by atoms with Gasteiger partial charge in [0.25, 0.3) is 10.0 Å². The first-order chi connectivity index (χ1) is 12.0.